The fourth-order valence-electron chi connectivity index (χ4n) is 2.25. The molecule has 1 fully saturated rings. The molecule has 68 valence electrons. The van der Waals surface area contributed by atoms with Crippen LogP contribution >= 0.6 is 0 Å². The highest BCUT2D eigenvalue weighted by molar-refractivity contribution is 5.55. The van der Waals surface area contributed by atoms with Crippen LogP contribution in [-0.4, -0.2) is 6.61 Å². The molecule has 0 saturated heterocycles. The van der Waals surface area contributed by atoms with E-state index in [0.717, 1.165) is 12.3 Å². The van der Waals surface area contributed by atoms with Gasteiger partial charge in [-0.3, -0.25) is 0 Å². The molecule has 1 aromatic rings. The van der Waals surface area contributed by atoms with Crippen LogP contribution in [0.15, 0.2) is 18.2 Å². The first-order valence-electron chi connectivity index (χ1n) is 4.77. The third-order valence-electron chi connectivity index (χ3n) is 3.26. The van der Waals surface area contributed by atoms with Crippen molar-refractivity contribution in [1.29, 1.82) is 0 Å². The van der Waals surface area contributed by atoms with Gasteiger partial charge in [-0.15, -0.1) is 0 Å². The van der Waals surface area contributed by atoms with Crippen molar-refractivity contribution in [2.24, 2.45) is 0 Å². The van der Waals surface area contributed by atoms with Crippen molar-refractivity contribution in [3.05, 3.63) is 29.3 Å². The van der Waals surface area contributed by atoms with E-state index in [1.54, 1.807) is 0 Å². The topological polar surface area (TPSA) is 35.2 Å². The Kier molecular flexibility index (Phi) is 1.29. The lowest BCUT2D eigenvalue weighted by atomic mass is 9.89. The smallest absolute Gasteiger partial charge is 0.0740 e. The maximum Gasteiger partial charge on any atom is 0.0740 e. The molecule has 0 bridgehead atoms. The Morgan fingerprint density at radius 2 is 2.15 bits per heavy atom. The van der Waals surface area contributed by atoms with Crippen LogP contribution in [0.4, 0.5) is 5.69 Å². The SMILES string of the molecule is Nc1cccc2c1COCC21CC1. The molecule has 0 atom stereocenters. The van der Waals surface area contributed by atoms with Gasteiger partial charge in [-0.1, -0.05) is 12.1 Å². The van der Waals surface area contributed by atoms with Crippen LogP contribution in [-0.2, 0) is 16.8 Å². The van der Waals surface area contributed by atoms with Gasteiger partial charge in [-0.25, -0.2) is 0 Å². The Labute approximate surface area is 77.7 Å². The highest BCUT2D eigenvalue weighted by Gasteiger charge is 2.47. The average Bonchev–Trinajstić information content (AvgIpc) is 2.89. The van der Waals surface area contributed by atoms with Crippen molar-refractivity contribution in [1.82, 2.24) is 0 Å². The van der Waals surface area contributed by atoms with E-state index in [1.807, 2.05) is 6.07 Å². The maximum atomic E-state index is 5.91. The molecule has 2 heteroatoms. The van der Waals surface area contributed by atoms with Gasteiger partial charge in [0.2, 0.25) is 0 Å². The summed E-state index contributed by atoms with van der Waals surface area (Å²) >= 11 is 0. The fraction of sp³-hybridized carbons (Fsp3) is 0.455. The summed E-state index contributed by atoms with van der Waals surface area (Å²) in [6, 6.07) is 6.23. The number of nitrogens with two attached hydrogens (primary N) is 1. The molecule has 1 aromatic carbocycles. The highest BCUT2D eigenvalue weighted by Crippen LogP contribution is 2.52. The van der Waals surface area contributed by atoms with E-state index in [1.165, 1.54) is 24.0 Å². The van der Waals surface area contributed by atoms with Gasteiger partial charge >= 0.3 is 0 Å². The van der Waals surface area contributed by atoms with E-state index in [4.69, 9.17) is 10.5 Å². The predicted molar refractivity (Wildman–Crippen MR) is 51.4 cm³/mol. The zero-order valence-corrected chi connectivity index (χ0v) is 7.55. The minimum absolute atomic E-state index is 0.350. The second kappa shape index (κ2) is 2.26. The van der Waals surface area contributed by atoms with Crippen LogP contribution in [0.25, 0.3) is 0 Å². The number of benzene rings is 1. The Hall–Kier alpha value is -1.02. The van der Waals surface area contributed by atoms with Crippen LogP contribution in [0.2, 0.25) is 0 Å². The van der Waals surface area contributed by atoms with Crippen LogP contribution in [0.5, 0.6) is 0 Å². The monoisotopic (exact) mass is 175 g/mol. The number of ether oxygens (including phenoxy) is 1. The molecule has 2 aliphatic rings. The molecule has 2 nitrogen and oxygen atoms in total. The maximum absolute atomic E-state index is 5.91. The number of hydrogen-bond acceptors (Lipinski definition) is 2. The van der Waals surface area contributed by atoms with Crippen LogP contribution in [0, 0.1) is 0 Å². The second-order valence-corrected chi connectivity index (χ2v) is 4.15. The molecular weight excluding hydrogens is 162 g/mol. The predicted octanol–water partition coefficient (Wildman–Crippen LogP) is 1.83. The summed E-state index contributed by atoms with van der Waals surface area (Å²) in [4.78, 5) is 0. The lowest BCUT2D eigenvalue weighted by Gasteiger charge is -2.26. The quantitative estimate of drug-likeness (QED) is 0.610. The molecule has 1 spiro atoms. The molecule has 3 rings (SSSR count). The summed E-state index contributed by atoms with van der Waals surface area (Å²) in [5.74, 6) is 0. The third-order valence-corrected chi connectivity index (χ3v) is 3.26. The number of hydrogen-bond donors (Lipinski definition) is 1. The Balaban J connectivity index is 2.19. The molecule has 1 aliphatic heterocycles. The molecule has 1 aliphatic carbocycles. The first-order chi connectivity index (χ1) is 6.32. The third kappa shape index (κ3) is 0.923. The van der Waals surface area contributed by atoms with Crippen molar-refractivity contribution < 1.29 is 4.74 Å². The zero-order chi connectivity index (χ0) is 8.89. The van der Waals surface area contributed by atoms with Crippen molar-refractivity contribution in [2.45, 2.75) is 24.9 Å². The standard InChI is InChI=1S/C11H13NO/c12-10-3-1-2-9-8(10)6-13-7-11(9)4-5-11/h1-3H,4-7,12H2. The van der Waals surface area contributed by atoms with E-state index >= 15 is 0 Å². The molecule has 1 saturated carbocycles. The Morgan fingerprint density at radius 3 is 2.92 bits per heavy atom. The van der Waals surface area contributed by atoms with Crippen LogP contribution in [0.3, 0.4) is 0 Å². The summed E-state index contributed by atoms with van der Waals surface area (Å²) in [6.07, 6.45) is 2.53. The van der Waals surface area contributed by atoms with Crippen molar-refractivity contribution >= 4 is 5.69 Å². The van der Waals surface area contributed by atoms with Gasteiger partial charge < -0.3 is 10.5 Å². The summed E-state index contributed by atoms with van der Waals surface area (Å²) in [5, 5.41) is 0. The molecule has 0 unspecified atom stereocenters. The number of fused-ring (bicyclic) bond motifs is 2. The Morgan fingerprint density at radius 1 is 1.31 bits per heavy atom. The van der Waals surface area contributed by atoms with Crippen LogP contribution < -0.4 is 5.73 Å². The number of rotatable bonds is 0. The minimum atomic E-state index is 0.350. The number of nitrogen functional groups attached to an aromatic ring is 1. The van der Waals surface area contributed by atoms with E-state index in [9.17, 15) is 0 Å². The Bertz CT molecular complexity index is 355. The van der Waals surface area contributed by atoms with Gasteiger partial charge in [-0.05, 0) is 24.5 Å². The van der Waals surface area contributed by atoms with Gasteiger partial charge in [0.15, 0.2) is 0 Å². The minimum Gasteiger partial charge on any atom is -0.398 e. The molecule has 2 N–H and O–H groups in total. The highest BCUT2D eigenvalue weighted by atomic mass is 16.5. The van der Waals surface area contributed by atoms with E-state index in [2.05, 4.69) is 12.1 Å². The molecule has 0 aromatic heterocycles. The van der Waals surface area contributed by atoms with Gasteiger partial charge in [0, 0.05) is 16.7 Å². The van der Waals surface area contributed by atoms with Gasteiger partial charge in [0.1, 0.15) is 0 Å². The molecule has 0 amide bonds. The summed E-state index contributed by atoms with van der Waals surface area (Å²) < 4.78 is 5.57. The first kappa shape index (κ1) is 7.39. The molecule has 1 heterocycles. The summed E-state index contributed by atoms with van der Waals surface area (Å²) in [5.41, 5.74) is 9.82. The van der Waals surface area contributed by atoms with Crippen molar-refractivity contribution in [3.63, 3.8) is 0 Å². The second-order valence-electron chi connectivity index (χ2n) is 4.15. The van der Waals surface area contributed by atoms with Gasteiger partial charge in [-0.2, -0.15) is 0 Å². The van der Waals surface area contributed by atoms with Crippen LogP contribution in [0.1, 0.15) is 24.0 Å². The van der Waals surface area contributed by atoms with Gasteiger partial charge in [0.25, 0.3) is 0 Å². The normalized spacial score (nSPS) is 22.8. The van der Waals surface area contributed by atoms with E-state index < -0.39 is 0 Å². The zero-order valence-electron chi connectivity index (χ0n) is 7.55. The molecular formula is C11H13NO. The largest absolute Gasteiger partial charge is 0.398 e. The fourth-order valence-corrected chi connectivity index (χ4v) is 2.25. The molecule has 0 radical (unpaired) electrons. The first-order valence-corrected chi connectivity index (χ1v) is 4.77. The lowest BCUT2D eigenvalue weighted by Crippen LogP contribution is -2.23. The number of anilines is 1. The summed E-state index contributed by atoms with van der Waals surface area (Å²) in [6.45, 7) is 1.59. The lowest BCUT2D eigenvalue weighted by molar-refractivity contribution is 0.0844. The summed E-state index contributed by atoms with van der Waals surface area (Å²) in [7, 11) is 0. The van der Waals surface area contributed by atoms with Gasteiger partial charge in [0.05, 0.1) is 13.2 Å². The molecule has 13 heavy (non-hydrogen) atoms. The van der Waals surface area contributed by atoms with E-state index in [0.29, 0.717) is 12.0 Å². The average molecular weight is 175 g/mol. The van der Waals surface area contributed by atoms with Crippen molar-refractivity contribution in [3.8, 4) is 0 Å². The van der Waals surface area contributed by atoms with Crippen molar-refractivity contribution in [2.75, 3.05) is 12.3 Å². The van der Waals surface area contributed by atoms with E-state index in [-0.39, 0.29) is 0 Å².